The van der Waals surface area contributed by atoms with Crippen LogP contribution in [0.2, 0.25) is 0 Å². The quantitative estimate of drug-likeness (QED) is 0.539. The van der Waals surface area contributed by atoms with E-state index in [1.54, 1.807) is 11.8 Å². The molecule has 0 unspecified atom stereocenters. The normalized spacial score (nSPS) is 15.4. The third kappa shape index (κ3) is 4.27. The summed E-state index contributed by atoms with van der Waals surface area (Å²) in [7, 11) is 0. The highest BCUT2D eigenvalue weighted by Crippen LogP contribution is 2.36. The van der Waals surface area contributed by atoms with Gasteiger partial charge in [0.25, 0.3) is 0 Å². The fourth-order valence-electron chi connectivity index (χ4n) is 1.67. The van der Waals surface area contributed by atoms with Crippen molar-refractivity contribution in [3.8, 4) is 0 Å². The van der Waals surface area contributed by atoms with Gasteiger partial charge in [-0.3, -0.25) is 0 Å². The molecule has 1 aromatic heterocycles. The van der Waals surface area contributed by atoms with Gasteiger partial charge in [0, 0.05) is 12.3 Å². The molecular formula is C11H21N5S. The average Bonchev–Trinajstić information content (AvgIpc) is 3.08. The maximum absolute atomic E-state index is 4.06. The molecule has 1 aliphatic carbocycles. The summed E-state index contributed by atoms with van der Waals surface area (Å²) in [6.45, 7) is 4.39. The van der Waals surface area contributed by atoms with Crippen LogP contribution in [0.3, 0.4) is 0 Å². The average molecular weight is 255 g/mol. The van der Waals surface area contributed by atoms with Crippen molar-refractivity contribution in [1.29, 1.82) is 0 Å². The van der Waals surface area contributed by atoms with Gasteiger partial charge in [-0.15, -0.1) is 5.10 Å². The molecule has 0 aliphatic heterocycles. The van der Waals surface area contributed by atoms with E-state index in [9.17, 15) is 0 Å². The molecule has 1 heterocycles. The summed E-state index contributed by atoms with van der Waals surface area (Å²) in [5.74, 6) is 1.04. The number of nitrogens with zero attached hydrogens (tertiary/aromatic N) is 4. The van der Waals surface area contributed by atoms with Crippen LogP contribution < -0.4 is 5.32 Å². The summed E-state index contributed by atoms with van der Waals surface area (Å²) in [6.07, 6.45) is 6.34. The van der Waals surface area contributed by atoms with Crippen molar-refractivity contribution >= 4 is 11.8 Å². The van der Waals surface area contributed by atoms with Crippen LogP contribution in [0.1, 0.15) is 45.1 Å². The Labute approximate surface area is 107 Å². The van der Waals surface area contributed by atoms with Gasteiger partial charge in [0.1, 0.15) is 0 Å². The van der Waals surface area contributed by atoms with Gasteiger partial charge in [0.05, 0.1) is 6.04 Å². The smallest absolute Gasteiger partial charge is 0.209 e. The minimum atomic E-state index is 0.574. The molecule has 1 N–H and O–H groups in total. The largest absolute Gasteiger partial charge is 0.316 e. The SMILES string of the molecule is CCCCCNCCSc1nnnn1C1CC1. The van der Waals surface area contributed by atoms with Crippen molar-refractivity contribution in [3.63, 3.8) is 0 Å². The third-order valence-electron chi connectivity index (χ3n) is 2.82. The predicted octanol–water partition coefficient (Wildman–Crippen LogP) is 1.88. The number of thioether (sulfide) groups is 1. The molecule has 0 amide bonds. The van der Waals surface area contributed by atoms with Gasteiger partial charge in [-0.2, -0.15) is 0 Å². The molecule has 1 aliphatic rings. The summed E-state index contributed by atoms with van der Waals surface area (Å²) in [6, 6.07) is 0.574. The molecule has 0 aromatic carbocycles. The van der Waals surface area contributed by atoms with E-state index in [4.69, 9.17) is 0 Å². The first kappa shape index (κ1) is 12.8. The van der Waals surface area contributed by atoms with Crippen LogP contribution in [0.5, 0.6) is 0 Å². The van der Waals surface area contributed by atoms with Gasteiger partial charge in [0.15, 0.2) is 0 Å². The Bertz CT molecular complexity index is 323. The van der Waals surface area contributed by atoms with E-state index in [0.717, 1.165) is 24.0 Å². The summed E-state index contributed by atoms with van der Waals surface area (Å²) < 4.78 is 1.97. The fraction of sp³-hybridized carbons (Fsp3) is 0.909. The molecule has 17 heavy (non-hydrogen) atoms. The highest BCUT2D eigenvalue weighted by Gasteiger charge is 2.27. The predicted molar refractivity (Wildman–Crippen MR) is 69.2 cm³/mol. The Morgan fingerprint density at radius 2 is 2.24 bits per heavy atom. The molecule has 1 aromatic rings. The molecular weight excluding hydrogens is 234 g/mol. The zero-order valence-electron chi connectivity index (χ0n) is 10.4. The van der Waals surface area contributed by atoms with E-state index < -0.39 is 0 Å². The van der Waals surface area contributed by atoms with Gasteiger partial charge < -0.3 is 5.32 Å². The number of unbranched alkanes of at least 4 members (excludes halogenated alkanes) is 2. The van der Waals surface area contributed by atoms with Gasteiger partial charge in [-0.05, 0) is 36.2 Å². The van der Waals surface area contributed by atoms with Crippen molar-refractivity contribution in [2.75, 3.05) is 18.8 Å². The van der Waals surface area contributed by atoms with Crippen LogP contribution in [0.4, 0.5) is 0 Å². The van der Waals surface area contributed by atoms with Gasteiger partial charge in [-0.1, -0.05) is 31.5 Å². The van der Waals surface area contributed by atoms with Crippen molar-refractivity contribution < 1.29 is 0 Å². The van der Waals surface area contributed by atoms with Gasteiger partial charge >= 0.3 is 0 Å². The molecule has 0 saturated heterocycles. The number of tetrazole rings is 1. The van der Waals surface area contributed by atoms with Crippen LogP contribution in [0, 0.1) is 0 Å². The number of aromatic nitrogens is 4. The van der Waals surface area contributed by atoms with E-state index in [1.807, 2.05) is 4.68 Å². The van der Waals surface area contributed by atoms with Crippen molar-refractivity contribution in [1.82, 2.24) is 25.5 Å². The third-order valence-corrected chi connectivity index (χ3v) is 3.76. The van der Waals surface area contributed by atoms with E-state index in [-0.39, 0.29) is 0 Å². The molecule has 1 saturated carbocycles. The first-order chi connectivity index (χ1) is 8.42. The summed E-state index contributed by atoms with van der Waals surface area (Å²) in [5, 5.41) is 16.3. The lowest BCUT2D eigenvalue weighted by molar-refractivity contribution is 0.565. The summed E-state index contributed by atoms with van der Waals surface area (Å²) >= 11 is 1.75. The van der Waals surface area contributed by atoms with Crippen LogP contribution in [0.25, 0.3) is 0 Å². The maximum atomic E-state index is 4.06. The lowest BCUT2D eigenvalue weighted by Crippen LogP contribution is -2.18. The maximum Gasteiger partial charge on any atom is 0.209 e. The lowest BCUT2D eigenvalue weighted by Gasteiger charge is -2.04. The Morgan fingerprint density at radius 3 is 3.00 bits per heavy atom. The Hall–Kier alpha value is -0.620. The lowest BCUT2D eigenvalue weighted by atomic mass is 10.2. The highest BCUT2D eigenvalue weighted by molar-refractivity contribution is 7.99. The van der Waals surface area contributed by atoms with Gasteiger partial charge in [0.2, 0.25) is 5.16 Å². The second kappa shape index (κ2) is 6.96. The fourth-order valence-corrected chi connectivity index (χ4v) is 2.51. The molecule has 96 valence electrons. The summed E-state index contributed by atoms with van der Waals surface area (Å²) in [5.41, 5.74) is 0. The molecule has 0 spiro atoms. The van der Waals surface area contributed by atoms with E-state index in [2.05, 4.69) is 27.8 Å². The minimum Gasteiger partial charge on any atom is -0.316 e. The number of rotatable bonds is 9. The number of nitrogens with one attached hydrogen (secondary N) is 1. The number of hydrogen-bond donors (Lipinski definition) is 1. The Balaban J connectivity index is 1.56. The van der Waals surface area contributed by atoms with E-state index in [0.29, 0.717) is 6.04 Å². The zero-order chi connectivity index (χ0) is 11.9. The molecule has 1 fully saturated rings. The Kier molecular flexibility index (Phi) is 5.25. The van der Waals surface area contributed by atoms with Crippen LogP contribution >= 0.6 is 11.8 Å². The minimum absolute atomic E-state index is 0.574. The molecule has 5 nitrogen and oxygen atoms in total. The molecule has 6 heteroatoms. The Morgan fingerprint density at radius 1 is 1.35 bits per heavy atom. The number of hydrogen-bond acceptors (Lipinski definition) is 5. The van der Waals surface area contributed by atoms with Crippen molar-refractivity contribution in [3.05, 3.63) is 0 Å². The van der Waals surface area contributed by atoms with Crippen LogP contribution in [-0.4, -0.2) is 39.0 Å². The summed E-state index contributed by atoms with van der Waals surface area (Å²) in [4.78, 5) is 0. The standard InChI is InChI=1S/C11H21N5S/c1-2-3-4-7-12-8-9-17-11-13-14-15-16(11)10-5-6-10/h10,12H,2-9H2,1H3. The van der Waals surface area contributed by atoms with E-state index >= 15 is 0 Å². The second-order valence-electron chi connectivity index (χ2n) is 4.44. The second-order valence-corrected chi connectivity index (χ2v) is 5.50. The molecule has 0 atom stereocenters. The van der Waals surface area contributed by atoms with E-state index in [1.165, 1.54) is 32.1 Å². The monoisotopic (exact) mass is 255 g/mol. The zero-order valence-corrected chi connectivity index (χ0v) is 11.2. The van der Waals surface area contributed by atoms with Crippen molar-refractivity contribution in [2.45, 2.75) is 50.2 Å². The first-order valence-corrected chi connectivity index (χ1v) is 7.51. The molecule has 2 rings (SSSR count). The van der Waals surface area contributed by atoms with Crippen LogP contribution in [-0.2, 0) is 0 Å². The topological polar surface area (TPSA) is 55.6 Å². The van der Waals surface area contributed by atoms with Crippen LogP contribution in [0.15, 0.2) is 5.16 Å². The highest BCUT2D eigenvalue weighted by atomic mass is 32.2. The molecule has 0 radical (unpaired) electrons. The van der Waals surface area contributed by atoms with Crippen molar-refractivity contribution in [2.24, 2.45) is 0 Å². The van der Waals surface area contributed by atoms with Gasteiger partial charge in [-0.25, -0.2) is 4.68 Å². The molecule has 0 bridgehead atoms. The first-order valence-electron chi connectivity index (χ1n) is 6.53.